The first-order valence-electron chi connectivity index (χ1n) is 13.2. The van der Waals surface area contributed by atoms with Crippen LogP contribution >= 0.6 is 0 Å². The number of hydrogen-bond acceptors (Lipinski definition) is 5. The van der Waals surface area contributed by atoms with E-state index in [1.54, 1.807) is 6.20 Å². The molecule has 2 fully saturated rings. The lowest BCUT2D eigenvalue weighted by Gasteiger charge is -2.34. The Bertz CT molecular complexity index is 1070. The Morgan fingerprint density at radius 1 is 1.11 bits per heavy atom. The quantitative estimate of drug-likeness (QED) is 0.507. The van der Waals surface area contributed by atoms with Crippen molar-refractivity contribution in [1.82, 2.24) is 20.5 Å². The van der Waals surface area contributed by atoms with E-state index in [4.69, 9.17) is 4.74 Å². The summed E-state index contributed by atoms with van der Waals surface area (Å²) in [4.78, 5) is 31.7. The topological polar surface area (TPSA) is 83.6 Å². The zero-order valence-electron chi connectivity index (χ0n) is 21.5. The van der Waals surface area contributed by atoms with Crippen molar-refractivity contribution in [2.24, 2.45) is 0 Å². The summed E-state index contributed by atoms with van der Waals surface area (Å²) in [5.74, 6) is -0.614. The number of amides is 2. The van der Waals surface area contributed by atoms with Crippen molar-refractivity contribution in [3.05, 3.63) is 65.5 Å². The lowest BCUT2D eigenvalue weighted by atomic mass is 9.82. The van der Waals surface area contributed by atoms with Crippen molar-refractivity contribution in [2.45, 2.75) is 69.3 Å². The van der Waals surface area contributed by atoms with Gasteiger partial charge >= 0.3 is 6.18 Å². The number of likely N-dealkylation sites (tertiary alicyclic amines) is 1. The van der Waals surface area contributed by atoms with Crippen LogP contribution < -0.4 is 10.6 Å². The molecule has 1 aromatic carbocycles. The fraction of sp³-hybridized carbons (Fsp3) is 0.536. The minimum absolute atomic E-state index is 0.147. The highest BCUT2D eigenvalue weighted by atomic mass is 19.4. The van der Waals surface area contributed by atoms with E-state index >= 15 is 0 Å². The van der Waals surface area contributed by atoms with E-state index in [9.17, 15) is 22.8 Å². The van der Waals surface area contributed by atoms with Gasteiger partial charge in [0.25, 0.3) is 5.91 Å². The van der Waals surface area contributed by atoms with E-state index < -0.39 is 23.6 Å². The molecule has 1 aromatic heterocycles. The van der Waals surface area contributed by atoms with Gasteiger partial charge in [0.15, 0.2) is 0 Å². The molecule has 1 saturated heterocycles. The van der Waals surface area contributed by atoms with E-state index in [1.807, 2.05) is 19.2 Å². The fourth-order valence-electron chi connectivity index (χ4n) is 5.43. The molecule has 1 aliphatic carbocycles. The van der Waals surface area contributed by atoms with Crippen LogP contribution in [0.25, 0.3) is 0 Å². The monoisotopic (exact) mass is 532 g/mol. The van der Waals surface area contributed by atoms with Gasteiger partial charge in [-0.25, -0.2) is 0 Å². The summed E-state index contributed by atoms with van der Waals surface area (Å²) in [6, 6.07) is 8.44. The Kier molecular flexibility index (Phi) is 9.38. The summed E-state index contributed by atoms with van der Waals surface area (Å²) >= 11 is 0. The lowest BCUT2D eigenvalue weighted by molar-refractivity contribution is -0.137. The molecule has 38 heavy (non-hydrogen) atoms. The van der Waals surface area contributed by atoms with Gasteiger partial charge in [0.2, 0.25) is 5.91 Å². The van der Waals surface area contributed by atoms with Crippen molar-refractivity contribution in [3.8, 4) is 0 Å². The second-order valence-corrected chi connectivity index (χ2v) is 10.1. The maximum Gasteiger partial charge on any atom is 0.416 e. The van der Waals surface area contributed by atoms with Gasteiger partial charge < -0.3 is 15.4 Å². The van der Waals surface area contributed by atoms with E-state index in [1.165, 1.54) is 17.7 Å². The number of carbonyl (C=O) groups is 2. The number of alkyl halides is 3. The summed E-state index contributed by atoms with van der Waals surface area (Å²) < 4.78 is 44.9. The minimum Gasteiger partial charge on any atom is -0.375 e. The Morgan fingerprint density at radius 3 is 2.58 bits per heavy atom. The average Bonchev–Trinajstić information content (AvgIpc) is 3.33. The van der Waals surface area contributed by atoms with E-state index in [-0.39, 0.29) is 24.3 Å². The molecule has 10 heteroatoms. The Hall–Kier alpha value is -2.98. The van der Waals surface area contributed by atoms with Crippen molar-refractivity contribution < 1.29 is 27.5 Å². The van der Waals surface area contributed by atoms with E-state index in [2.05, 4.69) is 26.6 Å². The number of ether oxygens (including phenoxy) is 1. The number of rotatable bonds is 9. The molecular weight excluding hydrogens is 497 g/mol. The molecule has 1 saturated carbocycles. The third-order valence-corrected chi connectivity index (χ3v) is 7.41. The number of hydrogen-bond donors (Lipinski definition) is 2. The van der Waals surface area contributed by atoms with Gasteiger partial charge in [0, 0.05) is 43.7 Å². The van der Waals surface area contributed by atoms with Crippen LogP contribution in [0.1, 0.15) is 66.4 Å². The molecule has 0 spiro atoms. The maximum atomic E-state index is 12.9. The molecule has 2 heterocycles. The largest absolute Gasteiger partial charge is 0.416 e. The molecule has 2 atom stereocenters. The molecule has 0 unspecified atom stereocenters. The zero-order valence-corrected chi connectivity index (χ0v) is 21.5. The summed E-state index contributed by atoms with van der Waals surface area (Å²) in [5.41, 5.74) is 0.227. The molecule has 2 N–H and O–H groups in total. The number of aromatic nitrogens is 1. The molecule has 1 aliphatic heterocycles. The Balaban J connectivity index is 1.29. The predicted molar refractivity (Wildman–Crippen MR) is 137 cm³/mol. The van der Waals surface area contributed by atoms with Gasteiger partial charge in [-0.15, -0.1) is 0 Å². The van der Waals surface area contributed by atoms with Crippen LogP contribution in [0.2, 0.25) is 0 Å². The molecule has 2 aliphatic rings. The minimum atomic E-state index is -4.55. The van der Waals surface area contributed by atoms with Crippen LogP contribution in [-0.4, -0.2) is 66.1 Å². The Morgan fingerprint density at radius 2 is 1.89 bits per heavy atom. The van der Waals surface area contributed by atoms with Gasteiger partial charge in [-0.1, -0.05) is 19.1 Å². The van der Waals surface area contributed by atoms with Crippen molar-refractivity contribution >= 4 is 11.8 Å². The highest BCUT2D eigenvalue weighted by molar-refractivity contribution is 5.96. The number of halogens is 3. The molecule has 2 aromatic rings. The van der Waals surface area contributed by atoms with E-state index in [0.29, 0.717) is 25.1 Å². The summed E-state index contributed by atoms with van der Waals surface area (Å²) in [7, 11) is 0. The van der Waals surface area contributed by atoms with Gasteiger partial charge in [-0.3, -0.25) is 19.5 Å². The highest BCUT2D eigenvalue weighted by Gasteiger charge is 2.39. The first kappa shape index (κ1) is 28.0. The van der Waals surface area contributed by atoms with Crippen LogP contribution in [0, 0.1) is 0 Å². The second-order valence-electron chi connectivity index (χ2n) is 10.1. The van der Waals surface area contributed by atoms with Gasteiger partial charge in [-0.05, 0) is 67.9 Å². The van der Waals surface area contributed by atoms with Crippen LogP contribution in [-0.2, 0) is 15.7 Å². The second kappa shape index (κ2) is 12.7. The van der Waals surface area contributed by atoms with Crippen LogP contribution in [0.4, 0.5) is 13.2 Å². The van der Waals surface area contributed by atoms with Crippen LogP contribution in [0.5, 0.6) is 0 Å². The third-order valence-electron chi connectivity index (χ3n) is 7.41. The van der Waals surface area contributed by atoms with Crippen molar-refractivity contribution in [1.29, 1.82) is 0 Å². The first-order valence-corrected chi connectivity index (χ1v) is 13.2. The summed E-state index contributed by atoms with van der Waals surface area (Å²) in [6.07, 6.45) is 4.20. The molecular formula is C28H35F3N4O3. The SMILES string of the molecule is CCCO[C@@H]1CN(C2CCC(c3cccnc3)CC2)C[C@@H]1NC(=O)CNC(=O)c1cccc(C(F)(F)F)c1. The van der Waals surface area contributed by atoms with Gasteiger partial charge in [0.05, 0.1) is 24.3 Å². The number of nitrogens with zero attached hydrogens (tertiary/aromatic N) is 2. The van der Waals surface area contributed by atoms with Crippen LogP contribution in [0.15, 0.2) is 48.8 Å². The smallest absolute Gasteiger partial charge is 0.375 e. The molecule has 7 nitrogen and oxygen atoms in total. The normalized spacial score (nSPS) is 24.2. The average molecular weight is 533 g/mol. The van der Waals surface area contributed by atoms with Gasteiger partial charge in [-0.2, -0.15) is 13.2 Å². The summed E-state index contributed by atoms with van der Waals surface area (Å²) in [6.45, 7) is 3.67. The highest BCUT2D eigenvalue weighted by Crippen LogP contribution is 2.35. The molecule has 2 amide bonds. The third kappa shape index (κ3) is 7.32. The first-order chi connectivity index (χ1) is 18.2. The zero-order chi connectivity index (χ0) is 27.1. The van der Waals surface area contributed by atoms with Crippen LogP contribution in [0.3, 0.4) is 0 Å². The number of carbonyl (C=O) groups excluding carboxylic acids is 2. The summed E-state index contributed by atoms with van der Waals surface area (Å²) in [5, 5.41) is 5.40. The Labute approximate surface area is 221 Å². The lowest BCUT2D eigenvalue weighted by Crippen LogP contribution is -2.48. The molecule has 0 bridgehead atoms. The predicted octanol–water partition coefficient (Wildman–Crippen LogP) is 4.15. The fourth-order valence-corrected chi connectivity index (χ4v) is 5.43. The molecule has 0 radical (unpaired) electrons. The number of nitrogens with one attached hydrogen (secondary N) is 2. The van der Waals surface area contributed by atoms with Crippen molar-refractivity contribution in [2.75, 3.05) is 26.2 Å². The molecule has 206 valence electrons. The maximum absolute atomic E-state index is 12.9. The standard InChI is InChI=1S/C28H35F3N4O3/c1-2-13-38-25-18-35(23-10-8-19(9-11-23)21-6-4-12-32-15-21)17-24(25)34-26(36)16-33-27(37)20-5-3-7-22(14-20)28(29,30)31/h3-7,12,14-15,19,23-25H,2,8-11,13,16-18H2,1H3,(H,33,37)(H,34,36)/t19?,23?,24-,25+/m0/s1. The molecule has 4 rings (SSSR count). The van der Waals surface area contributed by atoms with Crippen molar-refractivity contribution in [3.63, 3.8) is 0 Å². The number of benzene rings is 1. The van der Waals surface area contributed by atoms with E-state index in [0.717, 1.165) is 50.8 Å². The number of pyridine rings is 1. The van der Waals surface area contributed by atoms with Gasteiger partial charge in [0.1, 0.15) is 0 Å².